The van der Waals surface area contributed by atoms with E-state index in [-0.39, 0.29) is 0 Å². The van der Waals surface area contributed by atoms with Crippen LogP contribution in [0.25, 0.3) is 0 Å². The van der Waals surface area contributed by atoms with Crippen molar-refractivity contribution in [1.82, 2.24) is 9.97 Å². The van der Waals surface area contributed by atoms with Gasteiger partial charge in [0.2, 0.25) is 5.95 Å². The van der Waals surface area contributed by atoms with E-state index in [9.17, 15) is 0 Å². The number of nitrogens with one attached hydrogen (secondary N) is 2. The van der Waals surface area contributed by atoms with Crippen molar-refractivity contribution in [3.05, 3.63) is 38.9 Å². The molecule has 0 saturated carbocycles. The number of aromatic nitrogens is 2. The number of anilines is 3. The van der Waals surface area contributed by atoms with E-state index in [1.807, 2.05) is 6.07 Å². The third kappa shape index (κ3) is 3.98. The van der Waals surface area contributed by atoms with Gasteiger partial charge in [0, 0.05) is 16.0 Å². The summed E-state index contributed by atoms with van der Waals surface area (Å²) in [5.74, 6) is 1.07. The quantitative estimate of drug-likeness (QED) is 0.762. The maximum absolute atomic E-state index is 6.11. The van der Waals surface area contributed by atoms with Crippen molar-refractivity contribution >= 4 is 56.6 Å². The molecule has 2 aromatic rings. The van der Waals surface area contributed by atoms with E-state index in [4.69, 9.17) is 23.2 Å². The molecule has 0 aliphatic heterocycles. The summed E-state index contributed by atoms with van der Waals surface area (Å²) in [6, 6.07) is 5.45. The molecule has 0 spiro atoms. The summed E-state index contributed by atoms with van der Waals surface area (Å²) in [4.78, 5) is 8.47. The van der Waals surface area contributed by atoms with Gasteiger partial charge in [-0.15, -0.1) is 0 Å². The van der Waals surface area contributed by atoms with Gasteiger partial charge in [0.1, 0.15) is 5.02 Å². The molecule has 0 fully saturated rings. The van der Waals surface area contributed by atoms with Gasteiger partial charge >= 0.3 is 0 Å². The molecule has 20 heavy (non-hydrogen) atoms. The van der Waals surface area contributed by atoms with Crippen LogP contribution >= 0.6 is 39.1 Å². The molecule has 0 aliphatic rings. The Morgan fingerprint density at radius 3 is 2.85 bits per heavy atom. The van der Waals surface area contributed by atoms with Crippen molar-refractivity contribution < 1.29 is 0 Å². The monoisotopic (exact) mass is 374 g/mol. The summed E-state index contributed by atoms with van der Waals surface area (Å²) in [7, 11) is 0. The lowest BCUT2D eigenvalue weighted by Crippen LogP contribution is -2.06. The molecule has 0 unspecified atom stereocenters. The predicted octanol–water partition coefficient (Wildman–Crippen LogP) is 5.11. The Balaban J connectivity index is 2.25. The van der Waals surface area contributed by atoms with Crippen LogP contribution in [0.3, 0.4) is 0 Å². The second kappa shape index (κ2) is 7.11. The zero-order chi connectivity index (χ0) is 14.5. The number of hydrogen-bond acceptors (Lipinski definition) is 4. The second-order valence-electron chi connectivity index (χ2n) is 4.07. The molecule has 0 bridgehead atoms. The molecule has 0 amide bonds. The van der Waals surface area contributed by atoms with Crippen LogP contribution in [0, 0.1) is 0 Å². The highest BCUT2D eigenvalue weighted by Crippen LogP contribution is 2.30. The number of hydrogen-bond donors (Lipinski definition) is 2. The third-order valence-electron chi connectivity index (χ3n) is 2.46. The zero-order valence-corrected chi connectivity index (χ0v) is 13.8. The van der Waals surface area contributed by atoms with E-state index in [1.165, 1.54) is 0 Å². The first-order valence-corrected chi connectivity index (χ1v) is 7.63. The van der Waals surface area contributed by atoms with Gasteiger partial charge in [0.05, 0.1) is 11.9 Å². The molecule has 0 radical (unpaired) electrons. The average molecular weight is 376 g/mol. The van der Waals surface area contributed by atoms with E-state index in [2.05, 4.69) is 43.5 Å². The number of nitrogens with zero attached hydrogens (tertiary/aromatic N) is 2. The van der Waals surface area contributed by atoms with Crippen LogP contribution in [-0.2, 0) is 0 Å². The number of rotatable bonds is 5. The van der Waals surface area contributed by atoms with Crippen LogP contribution in [0.15, 0.2) is 28.9 Å². The van der Waals surface area contributed by atoms with E-state index >= 15 is 0 Å². The van der Waals surface area contributed by atoms with Gasteiger partial charge in [0.25, 0.3) is 0 Å². The minimum absolute atomic E-state index is 0.443. The first kappa shape index (κ1) is 15.4. The lowest BCUT2D eigenvalue weighted by atomic mass is 10.3. The Morgan fingerprint density at radius 1 is 1.30 bits per heavy atom. The average Bonchev–Trinajstić information content (AvgIpc) is 2.43. The van der Waals surface area contributed by atoms with Crippen LogP contribution in [-0.4, -0.2) is 16.5 Å². The van der Waals surface area contributed by atoms with Crippen LogP contribution in [0.2, 0.25) is 10.0 Å². The van der Waals surface area contributed by atoms with Gasteiger partial charge in [-0.2, -0.15) is 4.98 Å². The van der Waals surface area contributed by atoms with Crippen LogP contribution in [0.4, 0.5) is 17.5 Å². The van der Waals surface area contributed by atoms with Crippen molar-refractivity contribution in [2.45, 2.75) is 13.3 Å². The molecule has 0 aliphatic carbocycles. The molecule has 4 nitrogen and oxygen atoms in total. The van der Waals surface area contributed by atoms with E-state index in [0.29, 0.717) is 21.8 Å². The second-order valence-corrected chi connectivity index (χ2v) is 5.76. The Morgan fingerprint density at radius 2 is 2.10 bits per heavy atom. The summed E-state index contributed by atoms with van der Waals surface area (Å²) in [6.07, 6.45) is 2.56. The topological polar surface area (TPSA) is 49.8 Å². The van der Waals surface area contributed by atoms with Crippen molar-refractivity contribution in [2.75, 3.05) is 17.2 Å². The fourth-order valence-corrected chi connectivity index (χ4v) is 2.15. The zero-order valence-electron chi connectivity index (χ0n) is 10.8. The van der Waals surface area contributed by atoms with Crippen molar-refractivity contribution in [3.63, 3.8) is 0 Å². The minimum atomic E-state index is 0.443. The van der Waals surface area contributed by atoms with Crippen LogP contribution in [0.1, 0.15) is 13.3 Å². The van der Waals surface area contributed by atoms with Gasteiger partial charge < -0.3 is 10.6 Å². The van der Waals surface area contributed by atoms with Crippen molar-refractivity contribution in [2.24, 2.45) is 0 Å². The van der Waals surface area contributed by atoms with Gasteiger partial charge in [-0.1, -0.05) is 30.1 Å². The number of halogens is 3. The third-order valence-corrected chi connectivity index (χ3v) is 3.66. The lowest BCUT2D eigenvalue weighted by Gasteiger charge is -2.11. The van der Waals surface area contributed by atoms with Gasteiger partial charge in [-0.25, -0.2) is 4.98 Å². The van der Waals surface area contributed by atoms with E-state index in [0.717, 1.165) is 23.1 Å². The van der Waals surface area contributed by atoms with Crippen LogP contribution < -0.4 is 10.6 Å². The molecule has 0 atom stereocenters. The molecule has 1 heterocycles. The summed E-state index contributed by atoms with van der Waals surface area (Å²) < 4.78 is 0.875. The molecular formula is C13H13BrCl2N4. The Kier molecular flexibility index (Phi) is 5.46. The molecule has 1 aromatic carbocycles. The SMILES string of the molecule is CCCNc1ncc(Cl)c(Nc2cc(Cl)ccc2Br)n1. The van der Waals surface area contributed by atoms with E-state index in [1.54, 1.807) is 18.3 Å². The fourth-order valence-electron chi connectivity index (χ4n) is 1.50. The highest BCUT2D eigenvalue weighted by molar-refractivity contribution is 9.10. The summed E-state index contributed by atoms with van der Waals surface area (Å²) >= 11 is 15.5. The first-order valence-electron chi connectivity index (χ1n) is 6.08. The minimum Gasteiger partial charge on any atom is -0.354 e. The molecule has 1 aromatic heterocycles. The normalized spacial score (nSPS) is 10.4. The molecule has 2 rings (SSSR count). The molecule has 0 saturated heterocycles. The van der Waals surface area contributed by atoms with Crippen LogP contribution in [0.5, 0.6) is 0 Å². The highest BCUT2D eigenvalue weighted by Gasteiger charge is 2.08. The fraction of sp³-hybridized carbons (Fsp3) is 0.231. The van der Waals surface area contributed by atoms with Gasteiger partial charge in [-0.05, 0) is 40.5 Å². The smallest absolute Gasteiger partial charge is 0.224 e. The maximum atomic E-state index is 6.11. The highest BCUT2D eigenvalue weighted by atomic mass is 79.9. The number of benzene rings is 1. The predicted molar refractivity (Wildman–Crippen MR) is 88.3 cm³/mol. The molecule has 7 heteroatoms. The summed E-state index contributed by atoms with van der Waals surface area (Å²) in [5.41, 5.74) is 0.791. The standard InChI is InChI=1S/C13H13BrCl2N4/c1-2-5-17-13-18-7-10(16)12(20-13)19-11-6-8(15)3-4-9(11)14/h3-4,6-7H,2,5H2,1H3,(H2,17,18,19,20). The Hall–Kier alpha value is -1.04. The molecule has 2 N–H and O–H groups in total. The summed E-state index contributed by atoms with van der Waals surface area (Å²) in [6.45, 7) is 2.88. The van der Waals surface area contributed by atoms with Gasteiger partial charge in [-0.3, -0.25) is 0 Å². The first-order chi connectivity index (χ1) is 9.60. The maximum Gasteiger partial charge on any atom is 0.224 e. The lowest BCUT2D eigenvalue weighted by molar-refractivity contribution is 0.953. The van der Waals surface area contributed by atoms with E-state index < -0.39 is 0 Å². The Bertz CT molecular complexity index is 607. The van der Waals surface area contributed by atoms with Gasteiger partial charge in [0.15, 0.2) is 5.82 Å². The Labute approximate surface area is 136 Å². The molecular weight excluding hydrogens is 363 g/mol. The van der Waals surface area contributed by atoms with Crippen molar-refractivity contribution in [3.8, 4) is 0 Å². The van der Waals surface area contributed by atoms with Crippen molar-refractivity contribution in [1.29, 1.82) is 0 Å². The molecule has 106 valence electrons. The summed E-state index contributed by atoms with van der Waals surface area (Å²) in [5, 5.41) is 7.33. The largest absolute Gasteiger partial charge is 0.354 e.